The van der Waals surface area contributed by atoms with E-state index in [4.69, 9.17) is 14.5 Å². The van der Waals surface area contributed by atoms with Gasteiger partial charge in [0.2, 0.25) is 0 Å². The van der Waals surface area contributed by atoms with Gasteiger partial charge in [-0.05, 0) is 80.9 Å². The van der Waals surface area contributed by atoms with Gasteiger partial charge in [-0.2, -0.15) is 13.2 Å². The highest BCUT2D eigenvalue weighted by molar-refractivity contribution is 7.98. The van der Waals surface area contributed by atoms with Gasteiger partial charge in [0.1, 0.15) is 16.6 Å². The first kappa shape index (κ1) is 36.1. The van der Waals surface area contributed by atoms with Gasteiger partial charge in [0.25, 0.3) is 0 Å². The van der Waals surface area contributed by atoms with E-state index in [-0.39, 0.29) is 18.5 Å². The van der Waals surface area contributed by atoms with E-state index < -0.39 is 23.8 Å². The SMILES string of the molecule is CCOC(=O)C(C)Oc1ccc(SCc2sc(-c3ccc(C(F)(F)F)cc3)nc2CN2CCN(C(=O)Nc3ccc(F)cc3)CC2)cc1C. The summed E-state index contributed by atoms with van der Waals surface area (Å²) in [6.45, 7) is 8.22. The Balaban J connectivity index is 1.27. The fourth-order valence-electron chi connectivity index (χ4n) is 5.09. The van der Waals surface area contributed by atoms with Gasteiger partial charge in [0.05, 0.1) is 17.9 Å². The number of hydrogen-bond acceptors (Lipinski definition) is 8. The van der Waals surface area contributed by atoms with Crippen molar-refractivity contribution >= 4 is 40.8 Å². The smallest absolute Gasteiger partial charge is 0.416 e. The molecule has 49 heavy (non-hydrogen) atoms. The number of nitrogens with zero attached hydrogens (tertiary/aromatic N) is 3. The minimum Gasteiger partial charge on any atom is -0.479 e. The number of esters is 1. The number of aromatic nitrogens is 1. The molecular weight excluding hydrogens is 681 g/mol. The zero-order valence-corrected chi connectivity index (χ0v) is 28.8. The first-order valence-electron chi connectivity index (χ1n) is 15.7. The maximum Gasteiger partial charge on any atom is 0.416 e. The molecule has 0 saturated carbocycles. The van der Waals surface area contributed by atoms with Crippen LogP contribution < -0.4 is 10.1 Å². The Bertz CT molecular complexity index is 1740. The van der Waals surface area contributed by atoms with E-state index in [0.717, 1.165) is 33.2 Å². The van der Waals surface area contributed by atoms with Crippen LogP contribution in [0.25, 0.3) is 10.6 Å². The van der Waals surface area contributed by atoms with Gasteiger partial charge in [-0.3, -0.25) is 4.90 Å². The number of carbonyl (C=O) groups excluding carboxylic acids is 2. The third-order valence-corrected chi connectivity index (χ3v) is 10.2. The molecule has 3 aromatic carbocycles. The average Bonchev–Trinajstić information content (AvgIpc) is 3.48. The Morgan fingerprint density at radius 1 is 1.02 bits per heavy atom. The number of anilines is 1. The van der Waals surface area contributed by atoms with Crippen LogP contribution >= 0.6 is 23.1 Å². The van der Waals surface area contributed by atoms with Gasteiger partial charge in [0, 0.05) is 59.5 Å². The number of halogens is 4. The highest BCUT2D eigenvalue weighted by atomic mass is 32.2. The van der Waals surface area contributed by atoms with Crippen molar-refractivity contribution in [1.29, 1.82) is 0 Å². The first-order valence-corrected chi connectivity index (χ1v) is 17.5. The molecular formula is C35H36F4N4O4S2. The summed E-state index contributed by atoms with van der Waals surface area (Å²) in [5.74, 6) is 0.343. The number of rotatable bonds is 11. The summed E-state index contributed by atoms with van der Waals surface area (Å²) < 4.78 is 63.7. The lowest BCUT2D eigenvalue weighted by molar-refractivity contribution is -0.150. The lowest BCUT2D eigenvalue weighted by Crippen LogP contribution is -2.49. The number of piperazine rings is 1. The Labute approximate surface area is 290 Å². The summed E-state index contributed by atoms with van der Waals surface area (Å²) in [4.78, 5) is 35.5. The number of hydrogen-bond donors (Lipinski definition) is 1. The third-order valence-electron chi connectivity index (χ3n) is 7.80. The molecule has 1 aliphatic rings. The molecule has 8 nitrogen and oxygen atoms in total. The second-order valence-corrected chi connectivity index (χ2v) is 13.5. The molecule has 1 unspecified atom stereocenters. The predicted molar refractivity (Wildman–Crippen MR) is 182 cm³/mol. The molecule has 5 rings (SSSR count). The number of urea groups is 1. The monoisotopic (exact) mass is 716 g/mol. The van der Waals surface area contributed by atoms with E-state index in [1.54, 1.807) is 30.5 Å². The second kappa shape index (κ2) is 16.0. The van der Waals surface area contributed by atoms with Crippen LogP contribution in [0.4, 0.5) is 28.0 Å². The fourth-order valence-corrected chi connectivity index (χ4v) is 7.26. The number of aryl methyl sites for hydroxylation is 1. The maximum atomic E-state index is 13.2. The summed E-state index contributed by atoms with van der Waals surface area (Å²) in [5.41, 5.74) is 2.09. The number of nitrogens with one attached hydrogen (secondary N) is 1. The molecule has 0 radical (unpaired) electrons. The number of alkyl halides is 3. The van der Waals surface area contributed by atoms with Crippen molar-refractivity contribution in [1.82, 2.24) is 14.8 Å². The van der Waals surface area contributed by atoms with Crippen LogP contribution in [0, 0.1) is 12.7 Å². The van der Waals surface area contributed by atoms with Crippen molar-refractivity contribution in [2.24, 2.45) is 0 Å². The standard InChI is InChI=1S/C35H36F4N4O4S2/c1-4-46-33(44)23(3)47-30-14-13-28(19-22(30)2)48-21-31-29(41-32(49-31)24-5-7-25(8-6-24)35(37,38)39)20-42-15-17-43(18-16-42)34(45)40-27-11-9-26(36)10-12-27/h5-14,19,23H,4,15-18,20-21H2,1-3H3,(H,40,45). The van der Waals surface area contributed by atoms with Crippen LogP contribution in [0.3, 0.4) is 0 Å². The van der Waals surface area contributed by atoms with Gasteiger partial charge in [-0.1, -0.05) is 12.1 Å². The van der Waals surface area contributed by atoms with Gasteiger partial charge >= 0.3 is 18.2 Å². The summed E-state index contributed by atoms with van der Waals surface area (Å²) >= 11 is 3.05. The summed E-state index contributed by atoms with van der Waals surface area (Å²) in [7, 11) is 0. The van der Waals surface area contributed by atoms with Crippen LogP contribution in [0.15, 0.2) is 71.6 Å². The second-order valence-electron chi connectivity index (χ2n) is 11.4. The molecule has 1 aromatic heterocycles. The molecule has 4 aromatic rings. The maximum absolute atomic E-state index is 13.2. The Kier molecular flexibility index (Phi) is 11.8. The summed E-state index contributed by atoms with van der Waals surface area (Å²) in [6, 6.07) is 16.1. The van der Waals surface area contributed by atoms with Gasteiger partial charge < -0.3 is 19.7 Å². The molecule has 2 heterocycles. The van der Waals surface area contributed by atoms with E-state index in [1.165, 1.54) is 47.7 Å². The van der Waals surface area contributed by atoms with Crippen molar-refractivity contribution in [3.8, 4) is 16.3 Å². The number of ether oxygens (including phenoxy) is 2. The summed E-state index contributed by atoms with van der Waals surface area (Å²) in [6.07, 6.45) is -5.17. The number of carbonyl (C=O) groups is 2. The van der Waals surface area contributed by atoms with E-state index in [2.05, 4.69) is 10.2 Å². The molecule has 260 valence electrons. The van der Waals surface area contributed by atoms with Crippen LogP contribution in [-0.2, 0) is 28.0 Å². The number of thioether (sulfide) groups is 1. The molecule has 1 fully saturated rings. The molecule has 1 atom stereocenters. The van der Waals surface area contributed by atoms with Crippen molar-refractivity contribution in [3.63, 3.8) is 0 Å². The Morgan fingerprint density at radius 3 is 2.35 bits per heavy atom. The van der Waals surface area contributed by atoms with Crippen molar-refractivity contribution in [2.75, 3.05) is 38.1 Å². The van der Waals surface area contributed by atoms with Gasteiger partial charge in [0.15, 0.2) is 6.10 Å². The van der Waals surface area contributed by atoms with Crippen LogP contribution in [0.5, 0.6) is 5.75 Å². The zero-order valence-electron chi connectivity index (χ0n) is 27.2. The van der Waals surface area contributed by atoms with Crippen molar-refractivity contribution in [3.05, 3.63) is 94.2 Å². The first-order chi connectivity index (χ1) is 23.4. The zero-order chi connectivity index (χ0) is 35.1. The quantitative estimate of drug-likeness (QED) is 0.0951. The molecule has 14 heteroatoms. The molecule has 2 amide bonds. The van der Waals surface area contributed by atoms with Crippen molar-refractivity contribution < 1.29 is 36.6 Å². The Morgan fingerprint density at radius 2 is 1.71 bits per heavy atom. The van der Waals surface area contributed by atoms with E-state index in [1.807, 2.05) is 25.1 Å². The normalized spacial score (nSPS) is 14.4. The van der Waals surface area contributed by atoms with Gasteiger partial charge in [-0.15, -0.1) is 23.1 Å². The minimum absolute atomic E-state index is 0.261. The van der Waals surface area contributed by atoms with E-state index in [0.29, 0.717) is 60.5 Å². The largest absolute Gasteiger partial charge is 0.479 e. The van der Waals surface area contributed by atoms with Crippen LogP contribution in [0.2, 0.25) is 0 Å². The lowest BCUT2D eigenvalue weighted by atomic mass is 10.1. The lowest BCUT2D eigenvalue weighted by Gasteiger charge is -2.34. The number of benzene rings is 3. The highest BCUT2D eigenvalue weighted by Gasteiger charge is 2.30. The topological polar surface area (TPSA) is 84.0 Å². The van der Waals surface area contributed by atoms with Crippen molar-refractivity contribution in [2.45, 2.75) is 50.2 Å². The number of thiazole rings is 1. The minimum atomic E-state index is -4.43. The van der Waals surface area contributed by atoms with Crippen LogP contribution in [-0.4, -0.2) is 65.7 Å². The third kappa shape index (κ3) is 9.73. The number of amides is 2. The highest BCUT2D eigenvalue weighted by Crippen LogP contribution is 2.36. The van der Waals surface area contributed by atoms with Gasteiger partial charge in [-0.25, -0.2) is 19.0 Å². The molecule has 1 aliphatic heterocycles. The molecule has 0 bridgehead atoms. The van der Waals surface area contributed by atoms with Crippen LogP contribution in [0.1, 0.15) is 35.5 Å². The van der Waals surface area contributed by atoms with E-state index in [9.17, 15) is 27.2 Å². The predicted octanol–water partition coefficient (Wildman–Crippen LogP) is 8.25. The molecule has 1 saturated heterocycles. The molecule has 0 spiro atoms. The van der Waals surface area contributed by atoms with E-state index >= 15 is 0 Å². The fraction of sp³-hybridized carbons (Fsp3) is 0.343. The average molecular weight is 717 g/mol. The summed E-state index contributed by atoms with van der Waals surface area (Å²) in [5, 5.41) is 3.42. The molecule has 1 N–H and O–H groups in total. The Hall–Kier alpha value is -4.14. The molecule has 0 aliphatic carbocycles.